The number of hydrogen-bond acceptors (Lipinski definition) is 3. The molecule has 2 amide bonds. The zero-order valence-electron chi connectivity index (χ0n) is 9.03. The third-order valence-corrected chi connectivity index (χ3v) is 2.43. The van der Waals surface area contributed by atoms with Crippen LogP contribution in [0.4, 0.5) is 4.79 Å². The summed E-state index contributed by atoms with van der Waals surface area (Å²) >= 11 is 0. The quantitative estimate of drug-likeness (QED) is 0.660. The summed E-state index contributed by atoms with van der Waals surface area (Å²) in [5, 5.41) is 0. The van der Waals surface area contributed by atoms with Crippen LogP contribution in [0.15, 0.2) is 0 Å². The number of terminal acetylenes is 1. The largest absolute Gasteiger partial charge is 0.447 e. The third kappa shape index (κ3) is 2.50. The Balaban J connectivity index is 2.68. The minimum atomic E-state index is -0.546. The van der Waals surface area contributed by atoms with Gasteiger partial charge in [-0.2, -0.15) is 0 Å². The average molecular weight is 209 g/mol. The molecule has 0 N–H and O–H groups in total. The van der Waals surface area contributed by atoms with Crippen LogP contribution in [0.2, 0.25) is 0 Å². The van der Waals surface area contributed by atoms with Crippen LogP contribution in [0.25, 0.3) is 0 Å². The Bertz CT molecular complexity index is 303. The number of ether oxygens (including phenoxy) is 1. The standard InChI is InChI=1S/C11H15NO3/c1-4-5-6-10(13)12-9(8(2)3)7-15-11(12)14/h1,8-9H,5-7H2,2-3H3/t9-/m1/s1. The zero-order chi connectivity index (χ0) is 11.4. The van der Waals surface area contributed by atoms with Gasteiger partial charge in [0.25, 0.3) is 0 Å². The van der Waals surface area contributed by atoms with Gasteiger partial charge >= 0.3 is 6.09 Å². The van der Waals surface area contributed by atoms with Crippen LogP contribution >= 0.6 is 0 Å². The molecule has 0 aromatic carbocycles. The van der Waals surface area contributed by atoms with Crippen molar-refractivity contribution in [2.75, 3.05) is 6.61 Å². The molecule has 1 aliphatic heterocycles. The van der Waals surface area contributed by atoms with E-state index in [1.54, 1.807) is 0 Å². The lowest BCUT2D eigenvalue weighted by Crippen LogP contribution is -2.41. The van der Waals surface area contributed by atoms with E-state index in [4.69, 9.17) is 11.2 Å². The van der Waals surface area contributed by atoms with Gasteiger partial charge in [0.05, 0.1) is 6.04 Å². The van der Waals surface area contributed by atoms with Crippen molar-refractivity contribution in [2.45, 2.75) is 32.7 Å². The van der Waals surface area contributed by atoms with Crippen molar-refractivity contribution in [2.24, 2.45) is 5.92 Å². The van der Waals surface area contributed by atoms with E-state index in [9.17, 15) is 9.59 Å². The maximum atomic E-state index is 11.7. The molecule has 0 aliphatic carbocycles. The minimum Gasteiger partial charge on any atom is -0.447 e. The number of carbonyl (C=O) groups is 2. The van der Waals surface area contributed by atoms with Gasteiger partial charge in [0.15, 0.2) is 0 Å². The van der Waals surface area contributed by atoms with Crippen molar-refractivity contribution in [3.05, 3.63) is 0 Å². The highest BCUT2D eigenvalue weighted by Gasteiger charge is 2.38. The highest BCUT2D eigenvalue weighted by Crippen LogP contribution is 2.20. The first kappa shape index (κ1) is 11.6. The predicted molar refractivity (Wildman–Crippen MR) is 54.9 cm³/mol. The maximum Gasteiger partial charge on any atom is 0.416 e. The molecule has 0 bridgehead atoms. The average Bonchev–Trinajstić information content (AvgIpc) is 2.56. The van der Waals surface area contributed by atoms with E-state index in [0.29, 0.717) is 6.42 Å². The Kier molecular flexibility index (Phi) is 3.73. The van der Waals surface area contributed by atoms with E-state index in [1.807, 2.05) is 13.8 Å². The lowest BCUT2D eigenvalue weighted by Gasteiger charge is -2.22. The molecule has 1 fully saturated rings. The second-order valence-electron chi connectivity index (χ2n) is 3.86. The van der Waals surface area contributed by atoms with Crippen LogP contribution in [0.3, 0.4) is 0 Å². The van der Waals surface area contributed by atoms with Gasteiger partial charge in [-0.1, -0.05) is 13.8 Å². The van der Waals surface area contributed by atoms with Gasteiger partial charge in [-0.3, -0.25) is 4.79 Å². The number of hydrogen-bond donors (Lipinski definition) is 0. The molecule has 1 heterocycles. The highest BCUT2D eigenvalue weighted by atomic mass is 16.6. The molecule has 4 nitrogen and oxygen atoms in total. The summed E-state index contributed by atoms with van der Waals surface area (Å²) in [6.07, 6.45) is 5.08. The summed E-state index contributed by atoms with van der Waals surface area (Å²) in [5.41, 5.74) is 0. The van der Waals surface area contributed by atoms with E-state index in [2.05, 4.69) is 5.92 Å². The molecule has 1 rings (SSSR count). The summed E-state index contributed by atoms with van der Waals surface area (Å²) in [4.78, 5) is 24.2. The number of nitrogens with zero attached hydrogens (tertiary/aromatic N) is 1. The third-order valence-electron chi connectivity index (χ3n) is 2.43. The fourth-order valence-electron chi connectivity index (χ4n) is 1.51. The lowest BCUT2D eigenvalue weighted by molar-refractivity contribution is -0.129. The van der Waals surface area contributed by atoms with E-state index >= 15 is 0 Å². The molecule has 1 saturated heterocycles. The van der Waals surface area contributed by atoms with Crippen LogP contribution in [-0.2, 0) is 9.53 Å². The van der Waals surface area contributed by atoms with Gasteiger partial charge < -0.3 is 4.74 Å². The molecule has 0 aromatic heterocycles. The number of carbonyl (C=O) groups excluding carboxylic acids is 2. The van der Waals surface area contributed by atoms with Crippen LogP contribution in [-0.4, -0.2) is 29.5 Å². The molecule has 0 saturated carbocycles. The fraction of sp³-hybridized carbons (Fsp3) is 0.636. The number of amides is 2. The summed E-state index contributed by atoms with van der Waals surface area (Å²) in [5.74, 6) is 2.34. The smallest absolute Gasteiger partial charge is 0.416 e. The first-order chi connectivity index (χ1) is 7.07. The predicted octanol–water partition coefficient (Wildman–Crippen LogP) is 1.40. The van der Waals surface area contributed by atoms with E-state index < -0.39 is 6.09 Å². The van der Waals surface area contributed by atoms with Crippen LogP contribution < -0.4 is 0 Å². The summed E-state index contributed by atoms with van der Waals surface area (Å²) in [6, 6.07) is -0.150. The SMILES string of the molecule is C#CCCC(=O)N1C(=O)OC[C@@H]1C(C)C. The van der Waals surface area contributed by atoms with Gasteiger partial charge in [-0.05, 0) is 5.92 Å². The van der Waals surface area contributed by atoms with Gasteiger partial charge in [-0.15, -0.1) is 12.3 Å². The molecule has 0 unspecified atom stereocenters. The Morgan fingerprint density at radius 2 is 2.40 bits per heavy atom. The van der Waals surface area contributed by atoms with Gasteiger partial charge in [0, 0.05) is 12.8 Å². The second-order valence-corrected chi connectivity index (χ2v) is 3.86. The second kappa shape index (κ2) is 4.83. The van der Waals surface area contributed by atoms with Gasteiger partial charge in [0.2, 0.25) is 5.91 Å². The first-order valence-corrected chi connectivity index (χ1v) is 5.00. The minimum absolute atomic E-state index is 0.150. The van der Waals surface area contributed by atoms with Crippen molar-refractivity contribution in [3.63, 3.8) is 0 Å². The van der Waals surface area contributed by atoms with Gasteiger partial charge in [0.1, 0.15) is 6.61 Å². The molecule has 1 atom stereocenters. The van der Waals surface area contributed by atoms with Crippen LogP contribution in [0, 0.1) is 18.3 Å². The molecule has 0 aromatic rings. The molecular weight excluding hydrogens is 194 g/mol. The normalized spacial score (nSPS) is 20.3. The van der Waals surface area contributed by atoms with Gasteiger partial charge in [-0.25, -0.2) is 9.69 Å². The summed E-state index contributed by atoms with van der Waals surface area (Å²) < 4.78 is 4.86. The van der Waals surface area contributed by atoms with Crippen molar-refractivity contribution in [1.82, 2.24) is 4.90 Å². The zero-order valence-corrected chi connectivity index (χ0v) is 9.03. The molecule has 82 valence electrons. The number of imide groups is 1. The molecular formula is C11H15NO3. The molecule has 15 heavy (non-hydrogen) atoms. The van der Waals surface area contributed by atoms with E-state index in [-0.39, 0.29) is 30.9 Å². The molecule has 1 aliphatic rings. The Hall–Kier alpha value is -1.50. The fourth-order valence-corrected chi connectivity index (χ4v) is 1.51. The van der Waals surface area contributed by atoms with Crippen LogP contribution in [0.5, 0.6) is 0 Å². The van der Waals surface area contributed by atoms with E-state index in [1.165, 1.54) is 4.90 Å². The molecule has 4 heteroatoms. The summed E-state index contributed by atoms with van der Waals surface area (Å²) in [7, 11) is 0. The van der Waals surface area contributed by atoms with Crippen molar-refractivity contribution < 1.29 is 14.3 Å². The van der Waals surface area contributed by atoms with Crippen molar-refractivity contribution in [3.8, 4) is 12.3 Å². The number of cyclic esters (lactones) is 1. The Morgan fingerprint density at radius 3 is 2.93 bits per heavy atom. The van der Waals surface area contributed by atoms with Crippen molar-refractivity contribution >= 4 is 12.0 Å². The van der Waals surface area contributed by atoms with Crippen molar-refractivity contribution in [1.29, 1.82) is 0 Å². The maximum absolute atomic E-state index is 11.7. The first-order valence-electron chi connectivity index (χ1n) is 5.00. The molecule has 0 radical (unpaired) electrons. The van der Waals surface area contributed by atoms with E-state index in [0.717, 1.165) is 0 Å². The number of rotatable bonds is 3. The molecule has 0 spiro atoms. The Labute approximate surface area is 89.6 Å². The topological polar surface area (TPSA) is 46.6 Å². The van der Waals surface area contributed by atoms with Crippen LogP contribution in [0.1, 0.15) is 26.7 Å². The summed E-state index contributed by atoms with van der Waals surface area (Å²) in [6.45, 7) is 4.19. The monoisotopic (exact) mass is 209 g/mol. The lowest BCUT2D eigenvalue weighted by atomic mass is 10.0. The highest BCUT2D eigenvalue weighted by molar-refractivity contribution is 5.93. The Morgan fingerprint density at radius 1 is 1.73 bits per heavy atom.